The highest BCUT2D eigenvalue weighted by Crippen LogP contribution is 2.31. The lowest BCUT2D eigenvalue weighted by atomic mass is 9.99. The van der Waals surface area contributed by atoms with E-state index in [1.165, 1.54) is 17.7 Å². The minimum atomic E-state index is 0.312. The third-order valence-electron chi connectivity index (χ3n) is 4.57. The van der Waals surface area contributed by atoms with Crippen molar-refractivity contribution in [3.63, 3.8) is 0 Å². The summed E-state index contributed by atoms with van der Waals surface area (Å²) in [5.41, 5.74) is 2.75. The zero-order valence-electron chi connectivity index (χ0n) is 13.9. The molecule has 3 heteroatoms. The molecule has 2 rings (SSSR count). The van der Waals surface area contributed by atoms with Gasteiger partial charge in [0, 0.05) is 25.4 Å². The molecule has 0 aliphatic carbocycles. The van der Waals surface area contributed by atoms with E-state index in [1.807, 2.05) is 0 Å². The molecule has 3 atom stereocenters. The monoisotopic (exact) mass is 290 g/mol. The van der Waals surface area contributed by atoms with E-state index in [1.54, 1.807) is 0 Å². The number of nitrogens with zero attached hydrogens (tertiary/aromatic N) is 1. The highest BCUT2D eigenvalue weighted by atomic mass is 16.5. The first kappa shape index (κ1) is 16.3. The normalized spacial score (nSPS) is 23.2. The van der Waals surface area contributed by atoms with E-state index in [2.05, 4.69) is 62.3 Å². The molecule has 0 bridgehead atoms. The quantitative estimate of drug-likeness (QED) is 0.827. The van der Waals surface area contributed by atoms with E-state index < -0.39 is 0 Å². The maximum absolute atomic E-state index is 5.74. The Balaban J connectivity index is 2.22. The van der Waals surface area contributed by atoms with Crippen molar-refractivity contribution in [2.24, 2.45) is 0 Å². The highest BCUT2D eigenvalue weighted by molar-refractivity contribution is 5.55. The first-order valence-electron chi connectivity index (χ1n) is 8.35. The Hall–Kier alpha value is -1.06. The Labute approximate surface area is 129 Å². The highest BCUT2D eigenvalue weighted by Gasteiger charge is 2.29. The van der Waals surface area contributed by atoms with Crippen LogP contribution >= 0.6 is 0 Å². The number of anilines is 1. The van der Waals surface area contributed by atoms with Gasteiger partial charge in [-0.1, -0.05) is 32.0 Å². The van der Waals surface area contributed by atoms with Gasteiger partial charge in [0.25, 0.3) is 0 Å². The van der Waals surface area contributed by atoms with Crippen molar-refractivity contribution in [3.05, 3.63) is 29.8 Å². The van der Waals surface area contributed by atoms with Crippen LogP contribution in [0, 0.1) is 0 Å². The van der Waals surface area contributed by atoms with E-state index in [0.717, 1.165) is 26.0 Å². The van der Waals surface area contributed by atoms with Gasteiger partial charge >= 0.3 is 0 Å². The van der Waals surface area contributed by atoms with Crippen LogP contribution in [-0.4, -0.2) is 32.3 Å². The molecule has 1 aromatic rings. The second kappa shape index (κ2) is 7.81. The van der Waals surface area contributed by atoms with Gasteiger partial charge in [-0.15, -0.1) is 0 Å². The Kier molecular flexibility index (Phi) is 6.07. The van der Waals surface area contributed by atoms with Gasteiger partial charge in [-0.3, -0.25) is 0 Å². The number of likely N-dealkylation sites (N-methyl/N-ethyl adjacent to an activating group) is 1. The predicted molar refractivity (Wildman–Crippen MR) is 90.0 cm³/mol. The molecule has 0 radical (unpaired) electrons. The van der Waals surface area contributed by atoms with Gasteiger partial charge in [-0.05, 0) is 44.4 Å². The van der Waals surface area contributed by atoms with E-state index in [9.17, 15) is 0 Å². The van der Waals surface area contributed by atoms with Crippen molar-refractivity contribution < 1.29 is 4.74 Å². The molecular formula is C18H30N2O. The summed E-state index contributed by atoms with van der Waals surface area (Å²) >= 11 is 0. The smallest absolute Gasteiger partial charge is 0.0750 e. The summed E-state index contributed by atoms with van der Waals surface area (Å²) in [5, 5.41) is 3.67. The van der Waals surface area contributed by atoms with Crippen molar-refractivity contribution in [3.8, 4) is 0 Å². The lowest BCUT2D eigenvalue weighted by Gasteiger charge is -2.32. The molecule has 1 aliphatic rings. The van der Waals surface area contributed by atoms with E-state index >= 15 is 0 Å². The maximum atomic E-state index is 5.74. The van der Waals surface area contributed by atoms with Gasteiger partial charge in [0.1, 0.15) is 0 Å². The zero-order chi connectivity index (χ0) is 15.2. The molecule has 118 valence electrons. The molecule has 0 aromatic heterocycles. The number of para-hydroxylation sites is 1. The minimum Gasteiger partial charge on any atom is -0.376 e. The van der Waals surface area contributed by atoms with Gasteiger partial charge < -0.3 is 15.0 Å². The second-order valence-corrected chi connectivity index (χ2v) is 6.02. The number of nitrogens with one attached hydrogen (secondary N) is 1. The molecular weight excluding hydrogens is 260 g/mol. The molecule has 1 N–H and O–H groups in total. The first-order valence-corrected chi connectivity index (χ1v) is 8.35. The number of ether oxygens (including phenoxy) is 1. The van der Waals surface area contributed by atoms with Crippen LogP contribution in [0.2, 0.25) is 0 Å². The number of benzene rings is 1. The number of rotatable bonds is 7. The third-order valence-corrected chi connectivity index (χ3v) is 4.57. The van der Waals surface area contributed by atoms with Crippen molar-refractivity contribution in [2.75, 3.05) is 25.1 Å². The molecule has 3 nitrogen and oxygen atoms in total. The molecule has 0 amide bonds. The Morgan fingerprint density at radius 1 is 1.33 bits per heavy atom. The van der Waals surface area contributed by atoms with Crippen LogP contribution in [0.15, 0.2) is 24.3 Å². The van der Waals surface area contributed by atoms with Crippen LogP contribution in [0.1, 0.15) is 51.6 Å². The lowest BCUT2D eigenvalue weighted by molar-refractivity contribution is 0.118. The standard InChI is InChI=1S/C18H30N2O/c1-5-12-19-16(6-2)15-9-7-8-10-18(15)20(4)17-11-13-21-14(17)3/h7-10,14,16-17,19H,5-6,11-13H2,1-4H3. The van der Waals surface area contributed by atoms with Crippen LogP contribution in [0.3, 0.4) is 0 Å². The molecule has 1 aliphatic heterocycles. The van der Waals surface area contributed by atoms with Crippen molar-refractivity contribution >= 4 is 5.69 Å². The van der Waals surface area contributed by atoms with Crippen molar-refractivity contribution in [1.82, 2.24) is 5.32 Å². The molecule has 0 saturated carbocycles. The van der Waals surface area contributed by atoms with E-state index in [-0.39, 0.29) is 0 Å². The fraction of sp³-hybridized carbons (Fsp3) is 0.667. The fourth-order valence-corrected chi connectivity index (χ4v) is 3.30. The minimum absolute atomic E-state index is 0.312. The molecule has 1 fully saturated rings. The second-order valence-electron chi connectivity index (χ2n) is 6.02. The summed E-state index contributed by atoms with van der Waals surface area (Å²) in [6, 6.07) is 9.72. The molecule has 21 heavy (non-hydrogen) atoms. The largest absolute Gasteiger partial charge is 0.376 e. The van der Waals surface area contributed by atoms with Crippen LogP contribution in [0.4, 0.5) is 5.69 Å². The first-order chi connectivity index (χ1) is 10.2. The van der Waals surface area contributed by atoms with Crippen LogP contribution in [-0.2, 0) is 4.74 Å². The topological polar surface area (TPSA) is 24.5 Å². The Morgan fingerprint density at radius 3 is 2.71 bits per heavy atom. The van der Waals surface area contributed by atoms with Gasteiger partial charge in [0.2, 0.25) is 0 Å². The molecule has 0 spiro atoms. The summed E-state index contributed by atoms with van der Waals surface area (Å²) in [5.74, 6) is 0. The molecule has 1 heterocycles. The van der Waals surface area contributed by atoms with Crippen molar-refractivity contribution in [2.45, 2.75) is 58.2 Å². The zero-order valence-corrected chi connectivity index (χ0v) is 13.9. The average molecular weight is 290 g/mol. The summed E-state index contributed by atoms with van der Waals surface area (Å²) < 4.78 is 5.74. The van der Waals surface area contributed by atoms with Crippen LogP contribution in [0.5, 0.6) is 0 Å². The number of hydrogen-bond donors (Lipinski definition) is 1. The van der Waals surface area contributed by atoms with E-state index in [4.69, 9.17) is 4.74 Å². The molecule has 1 aromatic carbocycles. The van der Waals surface area contributed by atoms with Gasteiger partial charge in [-0.25, -0.2) is 0 Å². The maximum Gasteiger partial charge on any atom is 0.0750 e. The van der Waals surface area contributed by atoms with Crippen LogP contribution < -0.4 is 10.2 Å². The van der Waals surface area contributed by atoms with Gasteiger partial charge in [0.15, 0.2) is 0 Å². The molecule has 3 unspecified atom stereocenters. The summed E-state index contributed by atoms with van der Waals surface area (Å²) in [6.07, 6.45) is 3.71. The number of hydrogen-bond acceptors (Lipinski definition) is 3. The Morgan fingerprint density at radius 2 is 2.10 bits per heavy atom. The van der Waals surface area contributed by atoms with E-state index in [0.29, 0.717) is 18.2 Å². The fourth-order valence-electron chi connectivity index (χ4n) is 3.30. The molecule has 1 saturated heterocycles. The predicted octanol–water partition coefficient (Wildman–Crippen LogP) is 3.75. The third kappa shape index (κ3) is 3.78. The average Bonchev–Trinajstić information content (AvgIpc) is 2.94. The summed E-state index contributed by atoms with van der Waals surface area (Å²) in [4.78, 5) is 2.42. The van der Waals surface area contributed by atoms with Gasteiger partial charge in [-0.2, -0.15) is 0 Å². The SMILES string of the molecule is CCCNC(CC)c1ccccc1N(C)C1CCOC1C. The Bertz CT molecular complexity index is 435. The van der Waals surface area contributed by atoms with Crippen LogP contribution in [0.25, 0.3) is 0 Å². The summed E-state index contributed by atoms with van der Waals surface area (Å²) in [6.45, 7) is 8.60. The van der Waals surface area contributed by atoms with Crippen molar-refractivity contribution in [1.29, 1.82) is 0 Å². The van der Waals surface area contributed by atoms with Gasteiger partial charge in [0.05, 0.1) is 12.1 Å². The lowest BCUT2D eigenvalue weighted by Crippen LogP contribution is -2.38. The summed E-state index contributed by atoms with van der Waals surface area (Å²) in [7, 11) is 2.21.